The zero-order valence-corrected chi connectivity index (χ0v) is 19.5. The summed E-state index contributed by atoms with van der Waals surface area (Å²) in [7, 11) is -3.75. The average molecular weight is 476 g/mol. The minimum Gasteiger partial charge on any atom is -0.379 e. The number of fused-ring (bicyclic) bond motifs is 1. The van der Waals surface area contributed by atoms with Crippen molar-refractivity contribution in [3.8, 4) is 0 Å². The number of morpholine rings is 1. The fourth-order valence-electron chi connectivity index (χ4n) is 3.77. The number of aromatic amines is 1. The maximum atomic E-state index is 13.2. The summed E-state index contributed by atoms with van der Waals surface area (Å²) in [4.78, 5) is 29.2. The molecule has 1 saturated heterocycles. The number of aromatic nitrogens is 1. The lowest BCUT2D eigenvalue weighted by Crippen LogP contribution is -2.40. The third kappa shape index (κ3) is 4.49. The Morgan fingerprint density at radius 3 is 2.59 bits per heavy atom. The number of H-pyrrole nitrogens is 1. The van der Waals surface area contributed by atoms with E-state index in [1.807, 2.05) is 31.4 Å². The SMILES string of the molecule is CC(C)C(NC(=O)c1cc(=O)[nH]c2ccc(S(=O)(=O)N3CCOCC3)cc12)c1cccs1. The molecule has 1 aromatic carbocycles. The molecule has 1 atom stereocenters. The Balaban J connectivity index is 1.74. The summed E-state index contributed by atoms with van der Waals surface area (Å²) >= 11 is 1.55. The standard InChI is InChI=1S/C22H25N3O5S2/c1-14(2)21(19-4-3-11-31-19)24-22(27)17-13-20(26)23-18-6-5-15(12-16(17)18)32(28,29)25-7-9-30-10-8-25/h3-6,11-14,21H,7-10H2,1-2H3,(H,23,26)(H,24,27). The highest BCUT2D eigenvalue weighted by Crippen LogP contribution is 2.28. The van der Waals surface area contributed by atoms with Gasteiger partial charge in [-0.3, -0.25) is 9.59 Å². The predicted octanol–water partition coefficient (Wildman–Crippen LogP) is 2.74. The van der Waals surface area contributed by atoms with E-state index in [9.17, 15) is 18.0 Å². The second-order valence-corrected chi connectivity index (χ2v) is 10.9. The molecule has 1 aliphatic rings. The van der Waals surface area contributed by atoms with Gasteiger partial charge in [0.05, 0.1) is 29.7 Å². The van der Waals surface area contributed by atoms with Crippen molar-refractivity contribution in [3.05, 3.63) is 62.6 Å². The number of sulfonamides is 1. The zero-order valence-electron chi connectivity index (χ0n) is 17.8. The van der Waals surface area contributed by atoms with Gasteiger partial charge in [0.2, 0.25) is 15.6 Å². The van der Waals surface area contributed by atoms with Crippen LogP contribution in [-0.2, 0) is 14.8 Å². The molecule has 0 aliphatic carbocycles. The van der Waals surface area contributed by atoms with Crippen LogP contribution in [0.3, 0.4) is 0 Å². The Bertz CT molecular complexity index is 1280. The summed E-state index contributed by atoms with van der Waals surface area (Å²) in [5.74, 6) is -0.294. The average Bonchev–Trinajstić information content (AvgIpc) is 3.31. The predicted molar refractivity (Wildman–Crippen MR) is 124 cm³/mol. The second kappa shape index (κ2) is 9.14. The van der Waals surface area contributed by atoms with Gasteiger partial charge in [-0.15, -0.1) is 11.3 Å². The summed E-state index contributed by atoms with van der Waals surface area (Å²) < 4.78 is 32.8. The van der Waals surface area contributed by atoms with Gasteiger partial charge in [-0.05, 0) is 35.6 Å². The number of nitrogens with one attached hydrogen (secondary N) is 2. The lowest BCUT2D eigenvalue weighted by atomic mass is 10.0. The number of hydrogen-bond acceptors (Lipinski definition) is 6. The molecule has 10 heteroatoms. The number of nitrogens with zero attached hydrogens (tertiary/aromatic N) is 1. The molecule has 2 aromatic heterocycles. The fraction of sp³-hybridized carbons (Fsp3) is 0.364. The van der Waals surface area contributed by atoms with Crippen molar-refractivity contribution < 1.29 is 17.9 Å². The van der Waals surface area contributed by atoms with Crippen LogP contribution >= 0.6 is 11.3 Å². The maximum absolute atomic E-state index is 13.2. The van der Waals surface area contributed by atoms with Gasteiger partial charge in [0, 0.05) is 34.9 Å². The van der Waals surface area contributed by atoms with Crippen molar-refractivity contribution in [1.29, 1.82) is 0 Å². The molecule has 1 amide bonds. The number of hydrogen-bond donors (Lipinski definition) is 2. The van der Waals surface area contributed by atoms with Crippen LogP contribution in [0.5, 0.6) is 0 Å². The van der Waals surface area contributed by atoms with Gasteiger partial charge in [0.25, 0.3) is 5.91 Å². The van der Waals surface area contributed by atoms with Crippen LogP contribution in [0, 0.1) is 5.92 Å². The number of ether oxygens (including phenoxy) is 1. The van der Waals surface area contributed by atoms with E-state index < -0.39 is 21.5 Å². The molecule has 0 radical (unpaired) electrons. The summed E-state index contributed by atoms with van der Waals surface area (Å²) in [6.07, 6.45) is 0. The van der Waals surface area contributed by atoms with Crippen molar-refractivity contribution in [2.45, 2.75) is 24.8 Å². The van der Waals surface area contributed by atoms with Crippen LogP contribution in [0.4, 0.5) is 0 Å². The van der Waals surface area contributed by atoms with Crippen LogP contribution in [-0.4, -0.2) is 49.9 Å². The number of carbonyl (C=O) groups is 1. The Labute approximate surface area is 190 Å². The van der Waals surface area contributed by atoms with Crippen LogP contribution in [0.25, 0.3) is 10.9 Å². The molecule has 2 N–H and O–H groups in total. The Hall–Kier alpha value is -2.53. The fourth-order valence-corrected chi connectivity index (χ4v) is 6.15. The first-order chi connectivity index (χ1) is 15.3. The number of benzene rings is 1. The van der Waals surface area contributed by atoms with Crippen molar-refractivity contribution in [2.75, 3.05) is 26.3 Å². The van der Waals surface area contributed by atoms with Gasteiger partial charge in [-0.25, -0.2) is 8.42 Å². The number of thiophene rings is 1. The molecule has 0 spiro atoms. The number of amides is 1. The van der Waals surface area contributed by atoms with Crippen molar-refractivity contribution >= 4 is 38.2 Å². The summed E-state index contributed by atoms with van der Waals surface area (Å²) in [5.41, 5.74) is 0.120. The van der Waals surface area contributed by atoms with E-state index in [-0.39, 0.29) is 35.5 Å². The normalized spacial score (nSPS) is 16.3. The molecule has 170 valence electrons. The summed E-state index contributed by atoms with van der Waals surface area (Å²) in [5, 5.41) is 5.34. The maximum Gasteiger partial charge on any atom is 0.252 e. The molecule has 4 rings (SSSR count). The molecular formula is C22H25N3O5S2. The first-order valence-corrected chi connectivity index (χ1v) is 12.7. The Kier molecular flexibility index (Phi) is 6.47. The van der Waals surface area contributed by atoms with Crippen molar-refractivity contribution in [1.82, 2.24) is 14.6 Å². The highest BCUT2D eigenvalue weighted by molar-refractivity contribution is 7.89. The lowest BCUT2D eigenvalue weighted by Gasteiger charge is -2.26. The molecule has 1 unspecified atom stereocenters. The first-order valence-electron chi connectivity index (χ1n) is 10.4. The van der Waals surface area contributed by atoms with Gasteiger partial charge < -0.3 is 15.0 Å². The number of pyridine rings is 1. The molecule has 1 fully saturated rings. The largest absolute Gasteiger partial charge is 0.379 e. The second-order valence-electron chi connectivity index (χ2n) is 7.98. The van der Waals surface area contributed by atoms with E-state index in [0.717, 1.165) is 4.88 Å². The molecular weight excluding hydrogens is 450 g/mol. The highest BCUT2D eigenvalue weighted by atomic mass is 32.2. The topological polar surface area (TPSA) is 109 Å². The molecule has 8 nitrogen and oxygen atoms in total. The van der Waals surface area contributed by atoms with E-state index in [4.69, 9.17) is 4.74 Å². The van der Waals surface area contributed by atoms with Gasteiger partial charge in [0.1, 0.15) is 0 Å². The van der Waals surface area contributed by atoms with E-state index in [1.54, 1.807) is 11.3 Å². The van der Waals surface area contributed by atoms with Crippen LogP contribution in [0.2, 0.25) is 0 Å². The van der Waals surface area contributed by atoms with E-state index in [2.05, 4.69) is 10.3 Å². The van der Waals surface area contributed by atoms with E-state index in [1.165, 1.54) is 28.6 Å². The zero-order chi connectivity index (χ0) is 22.9. The van der Waals surface area contributed by atoms with E-state index >= 15 is 0 Å². The Morgan fingerprint density at radius 1 is 1.19 bits per heavy atom. The molecule has 3 heterocycles. The van der Waals surface area contributed by atoms with Gasteiger partial charge >= 0.3 is 0 Å². The third-order valence-electron chi connectivity index (χ3n) is 5.47. The molecule has 1 aliphatic heterocycles. The summed E-state index contributed by atoms with van der Waals surface area (Å²) in [6.45, 7) is 5.24. The van der Waals surface area contributed by atoms with Crippen molar-refractivity contribution in [2.24, 2.45) is 5.92 Å². The quantitative estimate of drug-likeness (QED) is 0.570. The van der Waals surface area contributed by atoms with Crippen LogP contribution in [0.1, 0.15) is 35.1 Å². The summed E-state index contributed by atoms with van der Waals surface area (Å²) in [6, 6.07) is 9.31. The third-order valence-corrected chi connectivity index (χ3v) is 8.32. The first kappa shape index (κ1) is 22.7. The Morgan fingerprint density at radius 2 is 1.94 bits per heavy atom. The van der Waals surface area contributed by atoms with Gasteiger partial charge in [-0.1, -0.05) is 19.9 Å². The van der Waals surface area contributed by atoms with Gasteiger partial charge in [0.15, 0.2) is 0 Å². The minimum atomic E-state index is -3.75. The molecule has 0 bridgehead atoms. The number of rotatable bonds is 6. The van der Waals surface area contributed by atoms with E-state index in [0.29, 0.717) is 24.1 Å². The van der Waals surface area contributed by atoms with Crippen LogP contribution < -0.4 is 10.9 Å². The molecule has 3 aromatic rings. The van der Waals surface area contributed by atoms with Crippen LogP contribution in [0.15, 0.2) is 51.5 Å². The minimum absolute atomic E-state index is 0.0756. The smallest absolute Gasteiger partial charge is 0.252 e. The molecule has 0 saturated carbocycles. The monoisotopic (exact) mass is 475 g/mol. The highest BCUT2D eigenvalue weighted by Gasteiger charge is 2.27. The lowest BCUT2D eigenvalue weighted by molar-refractivity contribution is 0.0730. The number of carbonyl (C=O) groups excluding carboxylic acids is 1. The van der Waals surface area contributed by atoms with Crippen molar-refractivity contribution in [3.63, 3.8) is 0 Å². The molecule has 32 heavy (non-hydrogen) atoms. The van der Waals surface area contributed by atoms with Gasteiger partial charge in [-0.2, -0.15) is 4.31 Å².